The van der Waals surface area contributed by atoms with Crippen LogP contribution in [0.5, 0.6) is 0 Å². The summed E-state index contributed by atoms with van der Waals surface area (Å²) < 4.78 is 5.26. The van der Waals surface area contributed by atoms with Crippen molar-refractivity contribution in [2.45, 2.75) is 51.5 Å². The summed E-state index contributed by atoms with van der Waals surface area (Å²) in [5.41, 5.74) is -0.779. The van der Waals surface area contributed by atoms with Gasteiger partial charge in [0.2, 0.25) is 5.91 Å². The number of carbonyl (C=O) groups is 1. The summed E-state index contributed by atoms with van der Waals surface area (Å²) in [5.74, 6) is 0.830. The molecule has 1 N–H and O–H groups in total. The Morgan fingerprint density at radius 3 is 2.89 bits per heavy atom. The van der Waals surface area contributed by atoms with Crippen LogP contribution >= 0.6 is 0 Å². The van der Waals surface area contributed by atoms with Gasteiger partial charge < -0.3 is 9.73 Å². The molecule has 2 rings (SSSR count). The molecule has 0 spiro atoms. The molecule has 1 fully saturated rings. The van der Waals surface area contributed by atoms with E-state index in [4.69, 9.17) is 4.42 Å². The van der Waals surface area contributed by atoms with E-state index in [0.717, 1.165) is 31.4 Å². The third-order valence-electron chi connectivity index (χ3n) is 3.89. The largest absolute Gasteiger partial charge is 0.469 e. The zero-order chi connectivity index (χ0) is 13.7. The van der Waals surface area contributed by atoms with Crippen molar-refractivity contribution in [1.29, 1.82) is 5.26 Å². The van der Waals surface area contributed by atoms with Crippen LogP contribution in [0.1, 0.15) is 44.8 Å². The van der Waals surface area contributed by atoms with Gasteiger partial charge in [-0.3, -0.25) is 4.79 Å². The van der Waals surface area contributed by atoms with Crippen LogP contribution in [0.3, 0.4) is 0 Å². The van der Waals surface area contributed by atoms with Crippen molar-refractivity contribution in [2.75, 3.05) is 0 Å². The summed E-state index contributed by atoms with van der Waals surface area (Å²) in [4.78, 5) is 12.2. The summed E-state index contributed by atoms with van der Waals surface area (Å²) >= 11 is 0. The fourth-order valence-corrected chi connectivity index (χ4v) is 2.62. The molecule has 1 saturated carbocycles. The van der Waals surface area contributed by atoms with Crippen molar-refractivity contribution in [3.63, 3.8) is 0 Å². The zero-order valence-corrected chi connectivity index (χ0v) is 11.3. The molecule has 1 unspecified atom stereocenters. The molecule has 0 bridgehead atoms. The molecular weight excluding hydrogens is 240 g/mol. The van der Waals surface area contributed by atoms with Crippen LogP contribution in [0, 0.1) is 16.7 Å². The van der Waals surface area contributed by atoms with E-state index in [1.54, 1.807) is 6.26 Å². The number of hydrogen-bond acceptors (Lipinski definition) is 3. The normalized spacial score (nSPS) is 18.7. The molecule has 4 nitrogen and oxygen atoms in total. The number of nitrogens with one attached hydrogen (secondary N) is 1. The van der Waals surface area contributed by atoms with Gasteiger partial charge in [0.25, 0.3) is 0 Å². The predicted molar refractivity (Wildman–Crippen MR) is 71.1 cm³/mol. The fraction of sp³-hybridized carbons (Fsp3) is 0.600. The number of amides is 1. The molecule has 1 atom stereocenters. The van der Waals surface area contributed by atoms with Gasteiger partial charge in [0, 0.05) is 12.5 Å². The second-order valence-electron chi connectivity index (χ2n) is 5.39. The molecule has 102 valence electrons. The van der Waals surface area contributed by atoms with Crippen molar-refractivity contribution in [2.24, 2.45) is 5.41 Å². The Hall–Kier alpha value is -1.76. The van der Waals surface area contributed by atoms with E-state index in [1.165, 1.54) is 0 Å². The van der Waals surface area contributed by atoms with Crippen LogP contribution in [0.2, 0.25) is 0 Å². The number of nitrogens with zero attached hydrogens (tertiary/aromatic N) is 1. The second kappa shape index (κ2) is 5.92. The lowest BCUT2D eigenvalue weighted by Crippen LogP contribution is -2.42. The highest BCUT2D eigenvalue weighted by molar-refractivity contribution is 5.85. The van der Waals surface area contributed by atoms with Gasteiger partial charge in [0.05, 0.1) is 12.3 Å². The average Bonchev–Trinajstić information content (AvgIpc) is 3.08. The van der Waals surface area contributed by atoms with Crippen LogP contribution in [0.25, 0.3) is 0 Å². The number of nitriles is 1. The number of rotatable bonds is 5. The maximum atomic E-state index is 12.2. The van der Waals surface area contributed by atoms with Gasteiger partial charge in [-0.25, -0.2) is 0 Å². The predicted octanol–water partition coefficient (Wildman–Crippen LogP) is 2.80. The van der Waals surface area contributed by atoms with Crippen molar-refractivity contribution in [3.8, 4) is 6.07 Å². The maximum absolute atomic E-state index is 12.2. The van der Waals surface area contributed by atoms with E-state index in [2.05, 4.69) is 11.4 Å². The minimum atomic E-state index is -0.779. The molecule has 1 aromatic rings. The Morgan fingerprint density at radius 1 is 1.58 bits per heavy atom. The lowest BCUT2D eigenvalue weighted by molar-refractivity contribution is -0.128. The van der Waals surface area contributed by atoms with Gasteiger partial charge in [-0.15, -0.1) is 0 Å². The van der Waals surface area contributed by atoms with Crippen LogP contribution in [0.15, 0.2) is 22.8 Å². The molecule has 1 heterocycles. The first-order chi connectivity index (χ1) is 9.16. The molecule has 1 aliphatic rings. The first-order valence-electron chi connectivity index (χ1n) is 6.91. The lowest BCUT2D eigenvalue weighted by Gasteiger charge is -2.22. The van der Waals surface area contributed by atoms with Crippen LogP contribution < -0.4 is 5.32 Å². The first kappa shape index (κ1) is 13.7. The Kier molecular flexibility index (Phi) is 4.26. The Labute approximate surface area is 113 Å². The van der Waals surface area contributed by atoms with E-state index in [0.29, 0.717) is 12.8 Å². The molecule has 1 aliphatic carbocycles. The van der Waals surface area contributed by atoms with E-state index in [9.17, 15) is 10.1 Å². The topological polar surface area (TPSA) is 66.0 Å². The summed E-state index contributed by atoms with van der Waals surface area (Å²) in [5, 5.41) is 12.2. The van der Waals surface area contributed by atoms with Gasteiger partial charge in [0.1, 0.15) is 11.2 Å². The maximum Gasteiger partial charge on any atom is 0.240 e. The highest BCUT2D eigenvalue weighted by atomic mass is 16.3. The van der Waals surface area contributed by atoms with Gasteiger partial charge in [-0.1, -0.05) is 12.8 Å². The SMILES string of the molecule is CC(CCc1ccco1)NC(=O)C1(C#N)CCCC1. The van der Waals surface area contributed by atoms with Gasteiger partial charge in [-0.2, -0.15) is 5.26 Å². The molecular formula is C15H20N2O2. The van der Waals surface area contributed by atoms with E-state index < -0.39 is 5.41 Å². The highest BCUT2D eigenvalue weighted by Crippen LogP contribution is 2.37. The van der Waals surface area contributed by atoms with E-state index in [-0.39, 0.29) is 11.9 Å². The van der Waals surface area contributed by atoms with E-state index >= 15 is 0 Å². The lowest BCUT2D eigenvalue weighted by atomic mass is 9.86. The molecule has 0 aromatic carbocycles. The standard InChI is InChI=1S/C15H20N2O2/c1-12(6-7-13-5-4-10-19-13)17-14(18)15(11-16)8-2-3-9-15/h4-5,10,12H,2-3,6-9H2,1H3,(H,17,18). The second-order valence-corrected chi connectivity index (χ2v) is 5.39. The summed E-state index contributed by atoms with van der Waals surface area (Å²) in [6, 6.07) is 6.08. The summed E-state index contributed by atoms with van der Waals surface area (Å²) in [7, 11) is 0. The number of aryl methyl sites for hydroxylation is 1. The smallest absolute Gasteiger partial charge is 0.240 e. The first-order valence-corrected chi connectivity index (χ1v) is 6.91. The average molecular weight is 260 g/mol. The van der Waals surface area contributed by atoms with Crippen LogP contribution in [-0.4, -0.2) is 11.9 Å². The minimum Gasteiger partial charge on any atom is -0.469 e. The van der Waals surface area contributed by atoms with Gasteiger partial charge in [-0.05, 0) is 38.3 Å². The van der Waals surface area contributed by atoms with Gasteiger partial charge in [0.15, 0.2) is 0 Å². The molecule has 4 heteroatoms. The number of furan rings is 1. The molecule has 0 aliphatic heterocycles. The van der Waals surface area contributed by atoms with Crippen molar-refractivity contribution >= 4 is 5.91 Å². The number of carbonyl (C=O) groups excluding carboxylic acids is 1. The molecule has 19 heavy (non-hydrogen) atoms. The quantitative estimate of drug-likeness (QED) is 0.885. The summed E-state index contributed by atoms with van der Waals surface area (Å²) in [6.45, 7) is 1.97. The van der Waals surface area contributed by atoms with Gasteiger partial charge >= 0.3 is 0 Å². The van der Waals surface area contributed by atoms with Crippen molar-refractivity contribution in [3.05, 3.63) is 24.2 Å². The third-order valence-corrected chi connectivity index (χ3v) is 3.89. The van der Waals surface area contributed by atoms with Crippen LogP contribution in [-0.2, 0) is 11.2 Å². The number of hydrogen-bond donors (Lipinski definition) is 1. The van der Waals surface area contributed by atoms with E-state index in [1.807, 2.05) is 19.1 Å². The zero-order valence-electron chi connectivity index (χ0n) is 11.3. The summed E-state index contributed by atoms with van der Waals surface area (Å²) in [6.07, 6.45) is 6.61. The van der Waals surface area contributed by atoms with Crippen molar-refractivity contribution in [1.82, 2.24) is 5.32 Å². The molecule has 0 saturated heterocycles. The Bertz CT molecular complexity index is 453. The molecule has 1 aromatic heterocycles. The highest BCUT2D eigenvalue weighted by Gasteiger charge is 2.41. The Balaban J connectivity index is 1.83. The molecule has 1 amide bonds. The minimum absolute atomic E-state index is 0.0587. The van der Waals surface area contributed by atoms with Crippen molar-refractivity contribution < 1.29 is 9.21 Å². The Morgan fingerprint density at radius 2 is 2.32 bits per heavy atom. The molecule has 0 radical (unpaired) electrons. The van der Waals surface area contributed by atoms with Crippen LogP contribution in [0.4, 0.5) is 0 Å². The monoisotopic (exact) mass is 260 g/mol. The fourth-order valence-electron chi connectivity index (χ4n) is 2.62. The third kappa shape index (κ3) is 3.17.